The topological polar surface area (TPSA) is 72.9 Å². The Balaban J connectivity index is 1.76. The first-order valence-electron chi connectivity index (χ1n) is 9.00. The fourth-order valence-corrected chi connectivity index (χ4v) is 3.93. The van der Waals surface area contributed by atoms with Crippen molar-refractivity contribution in [2.24, 2.45) is 11.8 Å². The predicted octanol–water partition coefficient (Wildman–Crippen LogP) is 2.00. The van der Waals surface area contributed by atoms with Crippen LogP contribution in [0.4, 0.5) is 4.79 Å². The molecule has 2 N–H and O–H groups in total. The third kappa shape index (κ3) is 5.09. The predicted molar refractivity (Wildman–Crippen MR) is 89.4 cm³/mol. The van der Waals surface area contributed by atoms with Crippen LogP contribution < -0.4 is 5.32 Å². The standard InChI is InChI=1S/C17H31N3O3/c1-3-15-6-4-5-8-19(15)9-7-18-17(23)20-11-13(2)10-14(12-20)16(21)22/h13-15H,3-12H2,1-2H3,(H,18,23)(H,21,22). The maximum absolute atomic E-state index is 12.3. The molecule has 0 aromatic rings. The second-order valence-electron chi connectivity index (χ2n) is 7.11. The number of nitrogens with zero attached hydrogens (tertiary/aromatic N) is 2. The molecular weight excluding hydrogens is 294 g/mol. The summed E-state index contributed by atoms with van der Waals surface area (Å²) in [6, 6.07) is 0.528. The van der Waals surface area contributed by atoms with Crippen LogP contribution in [0, 0.1) is 11.8 Å². The van der Waals surface area contributed by atoms with E-state index in [1.807, 2.05) is 6.92 Å². The Morgan fingerprint density at radius 2 is 2.04 bits per heavy atom. The molecule has 0 radical (unpaired) electrons. The molecule has 2 heterocycles. The van der Waals surface area contributed by atoms with Crippen LogP contribution in [0.25, 0.3) is 0 Å². The molecule has 0 saturated carbocycles. The number of nitrogens with one attached hydrogen (secondary N) is 1. The third-order valence-electron chi connectivity index (χ3n) is 5.19. The average Bonchev–Trinajstić information content (AvgIpc) is 2.54. The summed E-state index contributed by atoms with van der Waals surface area (Å²) in [5.41, 5.74) is 0. The summed E-state index contributed by atoms with van der Waals surface area (Å²) in [5, 5.41) is 12.2. The number of rotatable bonds is 5. The van der Waals surface area contributed by atoms with Crippen LogP contribution in [-0.2, 0) is 4.79 Å². The summed E-state index contributed by atoms with van der Waals surface area (Å²) < 4.78 is 0. The number of hydrogen-bond donors (Lipinski definition) is 2. The number of carboxylic acid groups (broad SMARTS) is 1. The van der Waals surface area contributed by atoms with E-state index in [0.29, 0.717) is 32.1 Å². The molecule has 3 atom stereocenters. The van der Waals surface area contributed by atoms with Crippen molar-refractivity contribution in [1.82, 2.24) is 15.1 Å². The SMILES string of the molecule is CCC1CCCCN1CCNC(=O)N1CC(C)CC(C(=O)O)C1. The summed E-state index contributed by atoms with van der Waals surface area (Å²) >= 11 is 0. The van der Waals surface area contributed by atoms with Crippen molar-refractivity contribution >= 4 is 12.0 Å². The van der Waals surface area contributed by atoms with E-state index in [0.717, 1.165) is 19.5 Å². The highest BCUT2D eigenvalue weighted by Crippen LogP contribution is 2.22. The molecule has 6 heteroatoms. The summed E-state index contributed by atoms with van der Waals surface area (Å²) in [6.07, 6.45) is 5.63. The van der Waals surface area contributed by atoms with Gasteiger partial charge in [-0.05, 0) is 38.1 Å². The van der Waals surface area contributed by atoms with Crippen LogP contribution in [0.3, 0.4) is 0 Å². The zero-order valence-corrected chi connectivity index (χ0v) is 14.5. The lowest BCUT2D eigenvalue weighted by Crippen LogP contribution is -2.51. The molecule has 2 saturated heterocycles. The molecule has 6 nitrogen and oxygen atoms in total. The maximum Gasteiger partial charge on any atom is 0.317 e. The smallest absolute Gasteiger partial charge is 0.317 e. The molecule has 2 fully saturated rings. The molecule has 2 aliphatic heterocycles. The molecule has 3 unspecified atom stereocenters. The first kappa shape index (κ1) is 18.0. The number of carbonyl (C=O) groups excluding carboxylic acids is 1. The average molecular weight is 325 g/mol. The highest BCUT2D eigenvalue weighted by molar-refractivity contribution is 5.76. The van der Waals surface area contributed by atoms with E-state index in [1.165, 1.54) is 19.3 Å². The van der Waals surface area contributed by atoms with Crippen LogP contribution in [0.15, 0.2) is 0 Å². The Morgan fingerprint density at radius 3 is 2.74 bits per heavy atom. The van der Waals surface area contributed by atoms with E-state index in [2.05, 4.69) is 17.1 Å². The highest BCUT2D eigenvalue weighted by atomic mass is 16.4. The minimum atomic E-state index is -0.798. The minimum Gasteiger partial charge on any atom is -0.481 e. The van der Waals surface area contributed by atoms with Crippen molar-refractivity contribution in [2.75, 3.05) is 32.7 Å². The molecule has 23 heavy (non-hydrogen) atoms. The number of urea groups is 1. The van der Waals surface area contributed by atoms with E-state index < -0.39 is 11.9 Å². The van der Waals surface area contributed by atoms with E-state index >= 15 is 0 Å². The number of aliphatic carboxylic acids is 1. The van der Waals surface area contributed by atoms with Crippen molar-refractivity contribution in [3.8, 4) is 0 Å². The largest absolute Gasteiger partial charge is 0.481 e. The van der Waals surface area contributed by atoms with Crippen molar-refractivity contribution in [3.05, 3.63) is 0 Å². The molecular formula is C17H31N3O3. The molecule has 0 bridgehead atoms. The van der Waals surface area contributed by atoms with E-state index in [4.69, 9.17) is 0 Å². The number of hydrogen-bond acceptors (Lipinski definition) is 3. The second-order valence-corrected chi connectivity index (χ2v) is 7.11. The number of likely N-dealkylation sites (tertiary alicyclic amines) is 2. The van der Waals surface area contributed by atoms with Gasteiger partial charge in [-0.3, -0.25) is 9.69 Å². The minimum absolute atomic E-state index is 0.118. The molecule has 2 amide bonds. The van der Waals surface area contributed by atoms with Gasteiger partial charge in [-0.1, -0.05) is 20.3 Å². The molecule has 132 valence electrons. The summed E-state index contributed by atoms with van der Waals surface area (Å²) in [5.74, 6) is -0.994. The fraction of sp³-hybridized carbons (Fsp3) is 0.882. The van der Waals surface area contributed by atoms with E-state index in [9.17, 15) is 14.7 Å². The van der Waals surface area contributed by atoms with Crippen molar-refractivity contribution in [2.45, 2.75) is 52.0 Å². The lowest BCUT2D eigenvalue weighted by Gasteiger charge is -2.36. The maximum atomic E-state index is 12.3. The molecule has 0 spiro atoms. The third-order valence-corrected chi connectivity index (χ3v) is 5.19. The van der Waals surface area contributed by atoms with Gasteiger partial charge in [-0.2, -0.15) is 0 Å². The van der Waals surface area contributed by atoms with E-state index in [1.54, 1.807) is 4.90 Å². The normalized spacial score (nSPS) is 29.3. The Kier molecular flexibility index (Phi) is 6.69. The number of amides is 2. The monoisotopic (exact) mass is 325 g/mol. The molecule has 2 aliphatic rings. The zero-order valence-electron chi connectivity index (χ0n) is 14.5. The van der Waals surface area contributed by atoms with Crippen molar-refractivity contribution in [1.29, 1.82) is 0 Å². The van der Waals surface area contributed by atoms with Crippen LogP contribution in [0.5, 0.6) is 0 Å². The van der Waals surface area contributed by atoms with Crippen molar-refractivity contribution < 1.29 is 14.7 Å². The van der Waals surface area contributed by atoms with E-state index in [-0.39, 0.29) is 11.9 Å². The summed E-state index contributed by atoms with van der Waals surface area (Å²) in [6.45, 7) is 7.85. The van der Waals surface area contributed by atoms with Crippen LogP contribution in [-0.4, -0.2) is 65.7 Å². The van der Waals surface area contributed by atoms with Gasteiger partial charge in [-0.15, -0.1) is 0 Å². The lowest BCUT2D eigenvalue weighted by atomic mass is 9.91. The van der Waals surface area contributed by atoms with Gasteiger partial charge in [0.05, 0.1) is 5.92 Å². The Morgan fingerprint density at radius 1 is 1.26 bits per heavy atom. The van der Waals surface area contributed by atoms with Gasteiger partial charge in [0.2, 0.25) is 0 Å². The summed E-state index contributed by atoms with van der Waals surface area (Å²) in [4.78, 5) is 27.6. The number of carbonyl (C=O) groups is 2. The van der Waals surface area contributed by atoms with Gasteiger partial charge in [-0.25, -0.2) is 4.79 Å². The second kappa shape index (κ2) is 8.52. The quantitative estimate of drug-likeness (QED) is 0.811. The number of piperidine rings is 2. The zero-order chi connectivity index (χ0) is 16.8. The Hall–Kier alpha value is -1.30. The summed E-state index contributed by atoms with van der Waals surface area (Å²) in [7, 11) is 0. The molecule has 0 aliphatic carbocycles. The molecule has 0 aromatic heterocycles. The molecule has 0 aromatic carbocycles. The lowest BCUT2D eigenvalue weighted by molar-refractivity contribution is -0.143. The van der Waals surface area contributed by atoms with Crippen molar-refractivity contribution in [3.63, 3.8) is 0 Å². The highest BCUT2D eigenvalue weighted by Gasteiger charge is 2.31. The molecule has 2 rings (SSSR count). The van der Waals surface area contributed by atoms with Gasteiger partial charge < -0.3 is 15.3 Å². The Labute approximate surface area is 139 Å². The van der Waals surface area contributed by atoms with Gasteiger partial charge in [0.15, 0.2) is 0 Å². The van der Waals surface area contributed by atoms with Gasteiger partial charge >= 0.3 is 12.0 Å². The van der Waals surface area contributed by atoms with Gasteiger partial charge in [0.25, 0.3) is 0 Å². The van der Waals surface area contributed by atoms with Gasteiger partial charge in [0.1, 0.15) is 0 Å². The van der Waals surface area contributed by atoms with Gasteiger partial charge in [0, 0.05) is 32.2 Å². The number of carboxylic acids is 1. The van der Waals surface area contributed by atoms with Crippen LogP contribution in [0.2, 0.25) is 0 Å². The first-order valence-corrected chi connectivity index (χ1v) is 9.00. The first-order chi connectivity index (χ1) is 11.0. The van der Waals surface area contributed by atoms with Crippen LogP contribution in [0.1, 0.15) is 46.0 Å². The fourth-order valence-electron chi connectivity index (χ4n) is 3.93. The Bertz CT molecular complexity index is 416. The van der Waals surface area contributed by atoms with Crippen LogP contribution >= 0.6 is 0 Å².